The normalized spacial score (nSPS) is 27.2. The summed E-state index contributed by atoms with van der Waals surface area (Å²) in [6.07, 6.45) is 4.56. The molecule has 0 heterocycles. The van der Waals surface area contributed by atoms with E-state index in [1.54, 1.807) is 6.07 Å². The molecule has 2 heteroatoms. The Hall–Kier alpha value is -1.36. The smallest absolute Gasteiger partial charge is 0.126 e. The van der Waals surface area contributed by atoms with E-state index in [-0.39, 0.29) is 11.2 Å². The van der Waals surface area contributed by atoms with Gasteiger partial charge in [0, 0.05) is 0 Å². The van der Waals surface area contributed by atoms with E-state index in [1.165, 1.54) is 6.07 Å². The van der Waals surface area contributed by atoms with Crippen molar-refractivity contribution in [2.45, 2.75) is 46.0 Å². The maximum Gasteiger partial charge on any atom is 0.126 e. The van der Waals surface area contributed by atoms with Crippen LogP contribution in [0.15, 0.2) is 24.3 Å². The van der Waals surface area contributed by atoms with Gasteiger partial charge in [0.25, 0.3) is 0 Å². The summed E-state index contributed by atoms with van der Waals surface area (Å²) in [6, 6.07) is 9.33. The van der Waals surface area contributed by atoms with E-state index in [1.807, 2.05) is 12.1 Å². The molecule has 19 heavy (non-hydrogen) atoms. The summed E-state index contributed by atoms with van der Waals surface area (Å²) in [5.74, 6) is 1.23. The van der Waals surface area contributed by atoms with Crippen LogP contribution < -0.4 is 0 Å². The molecule has 0 N–H and O–H groups in total. The first kappa shape index (κ1) is 14.1. The molecule has 0 amide bonds. The number of nitriles is 1. The van der Waals surface area contributed by atoms with Crippen LogP contribution in [0.5, 0.6) is 0 Å². The zero-order chi connectivity index (χ0) is 13.9. The van der Waals surface area contributed by atoms with Crippen LogP contribution in [-0.2, 0) is 6.42 Å². The molecule has 1 fully saturated rings. The molecule has 0 spiro atoms. The molecule has 1 saturated carbocycles. The Morgan fingerprint density at radius 3 is 2.47 bits per heavy atom. The highest BCUT2D eigenvalue weighted by atomic mass is 19.1. The maximum atomic E-state index is 13.7. The number of nitrogens with zero attached hydrogens (tertiary/aromatic N) is 1. The monoisotopic (exact) mass is 259 g/mol. The zero-order valence-electron chi connectivity index (χ0n) is 11.8. The Morgan fingerprint density at radius 1 is 1.32 bits per heavy atom. The summed E-state index contributed by atoms with van der Waals surface area (Å²) in [5, 5.41) is 9.55. The molecule has 0 radical (unpaired) electrons. The second-order valence-electron chi connectivity index (χ2n) is 6.24. The van der Waals surface area contributed by atoms with Crippen LogP contribution in [0.2, 0.25) is 0 Å². The number of hydrogen-bond acceptors (Lipinski definition) is 1. The Labute approximate surface area is 115 Å². The van der Waals surface area contributed by atoms with Crippen LogP contribution in [0.25, 0.3) is 0 Å². The molecule has 1 aromatic carbocycles. The van der Waals surface area contributed by atoms with Gasteiger partial charge >= 0.3 is 0 Å². The highest BCUT2D eigenvalue weighted by Gasteiger charge is 2.36. The topological polar surface area (TPSA) is 23.8 Å². The van der Waals surface area contributed by atoms with E-state index >= 15 is 0 Å². The highest BCUT2D eigenvalue weighted by molar-refractivity contribution is 5.21. The molecule has 0 aromatic heterocycles. The number of benzene rings is 1. The molecule has 0 bridgehead atoms. The van der Waals surface area contributed by atoms with E-state index in [0.717, 1.165) is 31.6 Å². The van der Waals surface area contributed by atoms with E-state index in [2.05, 4.69) is 19.9 Å². The quantitative estimate of drug-likeness (QED) is 0.770. The molecule has 1 aliphatic carbocycles. The van der Waals surface area contributed by atoms with Gasteiger partial charge in [0.2, 0.25) is 0 Å². The maximum absolute atomic E-state index is 13.7. The van der Waals surface area contributed by atoms with Crippen LogP contribution in [0.4, 0.5) is 4.39 Å². The van der Waals surface area contributed by atoms with Crippen molar-refractivity contribution in [1.82, 2.24) is 0 Å². The Morgan fingerprint density at radius 2 is 1.95 bits per heavy atom. The fraction of sp³-hybridized carbons (Fsp3) is 0.588. The van der Waals surface area contributed by atoms with Gasteiger partial charge in [-0.15, -0.1) is 0 Å². The Kier molecular flexibility index (Phi) is 4.24. The van der Waals surface area contributed by atoms with Gasteiger partial charge in [0.15, 0.2) is 0 Å². The molecule has 0 saturated heterocycles. The van der Waals surface area contributed by atoms with Crippen LogP contribution >= 0.6 is 0 Å². The molecule has 1 aliphatic rings. The van der Waals surface area contributed by atoms with Crippen molar-refractivity contribution >= 4 is 0 Å². The van der Waals surface area contributed by atoms with E-state index in [0.29, 0.717) is 17.9 Å². The average Bonchev–Trinajstić information content (AvgIpc) is 2.42. The third-order valence-electron chi connectivity index (χ3n) is 4.65. The summed E-state index contributed by atoms with van der Waals surface area (Å²) in [4.78, 5) is 0. The van der Waals surface area contributed by atoms with E-state index < -0.39 is 0 Å². The summed E-state index contributed by atoms with van der Waals surface area (Å²) >= 11 is 0. The van der Waals surface area contributed by atoms with Crippen molar-refractivity contribution in [2.24, 2.45) is 17.3 Å². The summed E-state index contributed by atoms with van der Waals surface area (Å²) in [6.45, 7) is 4.50. The third kappa shape index (κ3) is 3.15. The minimum Gasteiger partial charge on any atom is -0.207 e. The number of hydrogen-bond donors (Lipinski definition) is 0. The second kappa shape index (κ2) is 5.74. The van der Waals surface area contributed by atoms with Crippen LogP contribution in [0.3, 0.4) is 0 Å². The molecule has 102 valence electrons. The molecule has 0 unspecified atom stereocenters. The molecular formula is C17H22FN. The van der Waals surface area contributed by atoms with E-state index in [9.17, 15) is 9.65 Å². The first-order valence-electron chi connectivity index (χ1n) is 7.21. The lowest BCUT2D eigenvalue weighted by Gasteiger charge is -2.36. The molecule has 0 atom stereocenters. The third-order valence-corrected chi connectivity index (χ3v) is 4.65. The van der Waals surface area contributed by atoms with Gasteiger partial charge in [-0.1, -0.05) is 32.0 Å². The lowest BCUT2D eigenvalue weighted by atomic mass is 9.66. The zero-order valence-corrected chi connectivity index (χ0v) is 11.8. The SMILES string of the molecule is CC(C)C1CCC(C#N)(Cc2ccccc2F)CC1. The van der Waals surface area contributed by atoms with E-state index in [4.69, 9.17) is 0 Å². The number of rotatable bonds is 3. The van der Waals surface area contributed by atoms with Gasteiger partial charge in [-0.3, -0.25) is 0 Å². The summed E-state index contributed by atoms with van der Waals surface area (Å²) < 4.78 is 13.7. The van der Waals surface area contributed by atoms with Crippen molar-refractivity contribution < 1.29 is 4.39 Å². The van der Waals surface area contributed by atoms with Crippen molar-refractivity contribution in [3.05, 3.63) is 35.6 Å². The summed E-state index contributed by atoms with van der Waals surface area (Å²) in [5.41, 5.74) is 0.333. The van der Waals surface area contributed by atoms with Crippen molar-refractivity contribution in [2.75, 3.05) is 0 Å². The van der Waals surface area contributed by atoms with Gasteiger partial charge < -0.3 is 0 Å². The van der Waals surface area contributed by atoms with Crippen molar-refractivity contribution in [3.8, 4) is 6.07 Å². The predicted molar refractivity (Wildman–Crippen MR) is 74.9 cm³/mol. The fourth-order valence-electron chi connectivity index (χ4n) is 3.19. The van der Waals surface area contributed by atoms with Crippen LogP contribution in [0, 0.1) is 34.4 Å². The van der Waals surface area contributed by atoms with Gasteiger partial charge in [0.05, 0.1) is 11.5 Å². The number of halogens is 1. The molecule has 1 nitrogen and oxygen atoms in total. The standard InChI is InChI=1S/C17H22FN/c1-13(2)14-7-9-17(12-19,10-8-14)11-15-5-3-4-6-16(15)18/h3-6,13-14H,7-11H2,1-2H3. The average molecular weight is 259 g/mol. The first-order valence-corrected chi connectivity index (χ1v) is 7.21. The molecule has 0 aliphatic heterocycles. The van der Waals surface area contributed by atoms with Crippen LogP contribution in [0.1, 0.15) is 45.1 Å². The van der Waals surface area contributed by atoms with Crippen LogP contribution in [-0.4, -0.2) is 0 Å². The first-order chi connectivity index (χ1) is 9.06. The van der Waals surface area contributed by atoms with Gasteiger partial charge in [-0.25, -0.2) is 4.39 Å². The van der Waals surface area contributed by atoms with Gasteiger partial charge in [0.1, 0.15) is 5.82 Å². The Balaban J connectivity index is 2.10. The molecule has 1 aromatic rings. The van der Waals surface area contributed by atoms with Crippen molar-refractivity contribution in [1.29, 1.82) is 5.26 Å². The molecular weight excluding hydrogens is 237 g/mol. The minimum absolute atomic E-state index is 0.178. The lowest BCUT2D eigenvalue weighted by molar-refractivity contribution is 0.174. The van der Waals surface area contributed by atoms with Gasteiger partial charge in [-0.05, 0) is 55.6 Å². The second-order valence-corrected chi connectivity index (χ2v) is 6.24. The van der Waals surface area contributed by atoms with Crippen molar-refractivity contribution in [3.63, 3.8) is 0 Å². The lowest BCUT2D eigenvalue weighted by Crippen LogP contribution is -2.30. The molecule has 2 rings (SSSR count). The van der Waals surface area contributed by atoms with Gasteiger partial charge in [-0.2, -0.15) is 5.26 Å². The summed E-state index contributed by atoms with van der Waals surface area (Å²) in [7, 11) is 0. The largest absolute Gasteiger partial charge is 0.207 e. The minimum atomic E-state index is -0.354. The predicted octanol–water partition coefficient (Wildman–Crippen LogP) is 4.72. The highest BCUT2D eigenvalue weighted by Crippen LogP contribution is 2.43. The fourth-order valence-corrected chi connectivity index (χ4v) is 3.19. The Bertz CT molecular complexity index is 464.